The molecule has 0 aliphatic heterocycles. The second-order valence-electron chi connectivity index (χ2n) is 10.1. The molecule has 1 aliphatic carbocycles. The molecule has 1 unspecified atom stereocenters. The summed E-state index contributed by atoms with van der Waals surface area (Å²) in [6.45, 7) is 4.69. The maximum Gasteiger partial charge on any atom is 0.0517 e. The second kappa shape index (κ2) is 10.4. The van der Waals surface area contributed by atoms with Crippen molar-refractivity contribution in [2.45, 2.75) is 31.6 Å². The first-order valence-electron chi connectivity index (χ1n) is 12.9. The highest BCUT2D eigenvalue weighted by Gasteiger charge is 2.45. The Kier molecular flexibility index (Phi) is 6.87. The Morgan fingerprint density at radius 2 is 1.11 bits per heavy atom. The van der Waals surface area contributed by atoms with Crippen molar-refractivity contribution in [3.63, 3.8) is 0 Å². The topological polar surface area (TPSA) is 0 Å². The van der Waals surface area contributed by atoms with Crippen molar-refractivity contribution < 1.29 is 0 Å². The number of hydrogen-bond acceptors (Lipinski definition) is 0. The molecule has 0 spiro atoms. The third kappa shape index (κ3) is 4.52. The van der Waals surface area contributed by atoms with Gasteiger partial charge in [-0.3, -0.25) is 0 Å². The summed E-state index contributed by atoms with van der Waals surface area (Å²) in [4.78, 5) is 0. The van der Waals surface area contributed by atoms with Crippen molar-refractivity contribution in [2.24, 2.45) is 5.41 Å². The third-order valence-electron chi connectivity index (χ3n) is 7.61. The second-order valence-corrected chi connectivity index (χ2v) is 10.1. The van der Waals surface area contributed by atoms with Gasteiger partial charge in [-0.15, -0.1) is 0 Å². The molecule has 1 aliphatic rings. The van der Waals surface area contributed by atoms with Gasteiger partial charge in [-0.05, 0) is 35.6 Å². The standard InChI is InChI=1S/C36H34/c1-29(28-35(2)26-16-7-17-27-35)36(32-22-12-5-13-23-32,33-24-14-6-15-25-33)34(30-18-8-3-9-19-30)31-20-10-4-11-21-31/h3-26,28,34H,27H2,1-2H3. The van der Waals surface area contributed by atoms with Crippen molar-refractivity contribution in [1.82, 2.24) is 0 Å². The molecule has 0 heterocycles. The van der Waals surface area contributed by atoms with E-state index in [2.05, 4.69) is 166 Å². The van der Waals surface area contributed by atoms with E-state index in [0.717, 1.165) is 6.42 Å². The normalized spacial score (nSPS) is 17.9. The van der Waals surface area contributed by atoms with Crippen LogP contribution in [0.4, 0.5) is 0 Å². The van der Waals surface area contributed by atoms with E-state index in [1.807, 2.05) is 0 Å². The summed E-state index contributed by atoms with van der Waals surface area (Å²) in [7, 11) is 0. The van der Waals surface area contributed by atoms with Gasteiger partial charge in [0.15, 0.2) is 0 Å². The van der Waals surface area contributed by atoms with Gasteiger partial charge in [0.1, 0.15) is 0 Å². The number of hydrogen-bond donors (Lipinski definition) is 0. The first-order valence-corrected chi connectivity index (χ1v) is 12.9. The summed E-state index contributed by atoms with van der Waals surface area (Å²) >= 11 is 0. The number of rotatable bonds is 7. The molecule has 0 fully saturated rings. The molecule has 0 N–H and O–H groups in total. The Hall–Kier alpha value is -3.90. The molecule has 4 aromatic rings. The minimum Gasteiger partial charge on any atom is -0.0834 e. The van der Waals surface area contributed by atoms with E-state index < -0.39 is 5.41 Å². The van der Waals surface area contributed by atoms with Gasteiger partial charge in [-0.25, -0.2) is 0 Å². The zero-order valence-electron chi connectivity index (χ0n) is 21.2. The Labute approximate surface area is 216 Å². The van der Waals surface area contributed by atoms with Gasteiger partial charge in [0, 0.05) is 11.3 Å². The molecule has 0 nitrogen and oxygen atoms in total. The van der Waals surface area contributed by atoms with Crippen LogP contribution in [-0.2, 0) is 5.41 Å². The minimum absolute atomic E-state index is 0.0361. The number of benzene rings is 4. The van der Waals surface area contributed by atoms with Gasteiger partial charge >= 0.3 is 0 Å². The van der Waals surface area contributed by atoms with E-state index in [9.17, 15) is 0 Å². The average molecular weight is 467 g/mol. The quantitative estimate of drug-likeness (QED) is 0.238. The molecule has 0 saturated heterocycles. The highest BCUT2D eigenvalue weighted by molar-refractivity contribution is 5.57. The van der Waals surface area contributed by atoms with Gasteiger partial charge in [0.25, 0.3) is 0 Å². The first kappa shape index (κ1) is 23.8. The molecule has 0 bridgehead atoms. The van der Waals surface area contributed by atoms with Crippen molar-refractivity contribution in [3.8, 4) is 0 Å². The fourth-order valence-electron chi connectivity index (χ4n) is 6.03. The maximum atomic E-state index is 2.52. The molecule has 0 saturated carbocycles. The third-order valence-corrected chi connectivity index (χ3v) is 7.61. The van der Waals surface area contributed by atoms with E-state index in [1.165, 1.54) is 27.8 Å². The lowest BCUT2D eigenvalue weighted by atomic mass is 9.57. The van der Waals surface area contributed by atoms with Crippen LogP contribution in [0.25, 0.3) is 0 Å². The summed E-state index contributed by atoms with van der Waals surface area (Å²) in [5.74, 6) is 0.0904. The van der Waals surface area contributed by atoms with Crippen LogP contribution in [0.2, 0.25) is 0 Å². The zero-order chi connectivity index (χ0) is 24.8. The van der Waals surface area contributed by atoms with Gasteiger partial charge in [-0.1, -0.05) is 164 Å². The van der Waals surface area contributed by atoms with Crippen LogP contribution >= 0.6 is 0 Å². The molecule has 4 aromatic carbocycles. The Bertz CT molecular complexity index is 1270. The molecule has 36 heavy (non-hydrogen) atoms. The molecule has 0 amide bonds. The van der Waals surface area contributed by atoms with Crippen LogP contribution < -0.4 is 0 Å². The van der Waals surface area contributed by atoms with Crippen LogP contribution in [0, 0.1) is 5.41 Å². The number of allylic oxidation sites excluding steroid dienone is 6. The van der Waals surface area contributed by atoms with Gasteiger partial charge in [-0.2, -0.15) is 0 Å². The van der Waals surface area contributed by atoms with E-state index in [1.54, 1.807) is 0 Å². The maximum absolute atomic E-state index is 2.52. The molecular weight excluding hydrogens is 432 g/mol. The molecule has 5 rings (SSSR count). The van der Waals surface area contributed by atoms with Crippen LogP contribution in [-0.4, -0.2) is 0 Å². The summed E-state index contributed by atoms with van der Waals surface area (Å²) in [6.07, 6.45) is 12.5. The van der Waals surface area contributed by atoms with Crippen molar-refractivity contribution in [1.29, 1.82) is 0 Å². The van der Waals surface area contributed by atoms with Crippen molar-refractivity contribution in [2.75, 3.05) is 0 Å². The Morgan fingerprint density at radius 1 is 0.667 bits per heavy atom. The zero-order valence-corrected chi connectivity index (χ0v) is 21.2. The van der Waals surface area contributed by atoms with Crippen LogP contribution in [0.5, 0.6) is 0 Å². The van der Waals surface area contributed by atoms with Crippen molar-refractivity contribution in [3.05, 3.63) is 180 Å². The monoisotopic (exact) mass is 466 g/mol. The van der Waals surface area contributed by atoms with E-state index >= 15 is 0 Å². The lowest BCUT2D eigenvalue weighted by molar-refractivity contribution is 0.495. The highest BCUT2D eigenvalue weighted by atomic mass is 14.5. The van der Waals surface area contributed by atoms with E-state index in [-0.39, 0.29) is 11.3 Å². The lowest BCUT2D eigenvalue weighted by Gasteiger charge is -2.45. The Balaban J connectivity index is 1.89. The van der Waals surface area contributed by atoms with E-state index in [4.69, 9.17) is 0 Å². The molecule has 178 valence electrons. The van der Waals surface area contributed by atoms with Crippen LogP contribution in [0.3, 0.4) is 0 Å². The van der Waals surface area contributed by atoms with Crippen molar-refractivity contribution >= 4 is 0 Å². The molecule has 0 heteroatoms. The Morgan fingerprint density at radius 3 is 1.53 bits per heavy atom. The average Bonchev–Trinajstić information content (AvgIpc) is 2.93. The van der Waals surface area contributed by atoms with E-state index in [0.29, 0.717) is 0 Å². The summed E-state index contributed by atoms with van der Waals surface area (Å²) in [6, 6.07) is 44.2. The molecule has 0 aromatic heterocycles. The molecule has 1 atom stereocenters. The summed E-state index contributed by atoms with van der Waals surface area (Å²) < 4.78 is 0. The SMILES string of the molecule is CC(=CC1(C)C=CC=CC1)C(c1ccccc1)(c1ccccc1)C(c1ccccc1)c1ccccc1. The highest BCUT2D eigenvalue weighted by Crippen LogP contribution is 2.53. The van der Waals surface area contributed by atoms with Gasteiger partial charge in [0.05, 0.1) is 5.41 Å². The van der Waals surface area contributed by atoms with Crippen LogP contribution in [0.1, 0.15) is 48.4 Å². The van der Waals surface area contributed by atoms with Crippen LogP contribution in [0.15, 0.2) is 157 Å². The fourth-order valence-corrected chi connectivity index (χ4v) is 6.03. The summed E-state index contributed by atoms with van der Waals surface area (Å²) in [5, 5.41) is 0. The molecular formula is C36H34. The smallest absolute Gasteiger partial charge is 0.0517 e. The molecule has 0 radical (unpaired) electrons. The fraction of sp³-hybridized carbons (Fsp3) is 0.167. The van der Waals surface area contributed by atoms with Gasteiger partial charge < -0.3 is 0 Å². The first-order chi connectivity index (χ1) is 17.6. The predicted octanol–water partition coefficient (Wildman–Crippen LogP) is 9.27. The minimum atomic E-state index is -0.400. The lowest BCUT2D eigenvalue weighted by Crippen LogP contribution is -2.38. The predicted molar refractivity (Wildman–Crippen MR) is 153 cm³/mol. The van der Waals surface area contributed by atoms with Gasteiger partial charge in [0.2, 0.25) is 0 Å². The summed E-state index contributed by atoms with van der Waals surface area (Å²) in [5.41, 5.74) is 6.17. The largest absolute Gasteiger partial charge is 0.0834 e.